The topological polar surface area (TPSA) is 232 Å². The van der Waals surface area contributed by atoms with Gasteiger partial charge in [-0.2, -0.15) is 0 Å². The highest BCUT2D eigenvalue weighted by Crippen LogP contribution is 2.48. The number of phenolic OH excluding ortho intramolecular Hbond substituents is 3. The third kappa shape index (κ3) is 7.75. The molecule has 2 aromatic carbocycles. The molecule has 2 heterocycles. The second-order valence-corrected chi connectivity index (χ2v) is 11.2. The minimum absolute atomic E-state index is 0.0415. The summed E-state index contributed by atoms with van der Waals surface area (Å²) in [4.78, 5) is 77.4. The average Bonchev–Trinajstić information content (AvgIpc) is 3.09. The van der Waals surface area contributed by atoms with Gasteiger partial charge in [-0.05, 0) is 6.07 Å². The van der Waals surface area contributed by atoms with Crippen molar-refractivity contribution in [3.05, 3.63) is 34.0 Å². The van der Waals surface area contributed by atoms with Gasteiger partial charge in [0.2, 0.25) is 5.43 Å². The fourth-order valence-electron chi connectivity index (χ4n) is 5.24. The van der Waals surface area contributed by atoms with Gasteiger partial charge < -0.3 is 48.2 Å². The summed E-state index contributed by atoms with van der Waals surface area (Å²) in [5, 5.41) is 31.0. The van der Waals surface area contributed by atoms with Crippen LogP contribution in [0.5, 0.6) is 23.0 Å². The first-order chi connectivity index (χ1) is 23.8. The molecule has 0 aliphatic carbocycles. The highest BCUT2D eigenvalue weighted by atomic mass is 16.7. The molecule has 0 bridgehead atoms. The number of benzene rings is 2. The maximum absolute atomic E-state index is 14.0. The van der Waals surface area contributed by atoms with Gasteiger partial charge in [0, 0.05) is 44.2 Å². The zero-order valence-electron chi connectivity index (χ0n) is 28.0. The normalized spacial score (nSPS) is 20.2. The standard InChI is InChI=1S/C34H38O16/c1-6-22(38)44-14-21-30(47-23(39)7-2)33(49-25(41)9-4)34(50-26(42)10-5)32(46-21)27-18(37)13-20-28(31(27)48-24(40)8-3)29(43)15-11-16(35)17(36)12-19(15)45-20/h11-13,21,30,32-37H,6-10,14H2,1-5H3/t21-,30-,32+,33+,34+/m1/s1. The van der Waals surface area contributed by atoms with Crippen molar-refractivity contribution < 1.29 is 72.1 Å². The van der Waals surface area contributed by atoms with Gasteiger partial charge in [-0.25, -0.2) is 0 Å². The summed E-state index contributed by atoms with van der Waals surface area (Å²) in [5.41, 5.74) is -1.81. The Hall–Kier alpha value is -5.38. The van der Waals surface area contributed by atoms with Crippen LogP contribution in [0.3, 0.4) is 0 Å². The smallest absolute Gasteiger partial charge is 0.310 e. The Morgan fingerprint density at radius 3 is 1.76 bits per heavy atom. The predicted octanol–water partition coefficient (Wildman–Crippen LogP) is 3.74. The zero-order valence-corrected chi connectivity index (χ0v) is 28.0. The van der Waals surface area contributed by atoms with Crippen LogP contribution >= 0.6 is 0 Å². The minimum Gasteiger partial charge on any atom is -0.507 e. The summed E-state index contributed by atoms with van der Waals surface area (Å²) in [6.07, 6.45) is -8.82. The molecule has 3 N–H and O–H groups in total. The van der Waals surface area contributed by atoms with E-state index in [2.05, 4.69) is 0 Å². The van der Waals surface area contributed by atoms with E-state index in [-0.39, 0.29) is 48.7 Å². The molecule has 1 aromatic heterocycles. The number of hydrogen-bond donors (Lipinski definition) is 3. The Morgan fingerprint density at radius 1 is 0.660 bits per heavy atom. The molecule has 4 rings (SSSR count). The van der Waals surface area contributed by atoms with Crippen molar-refractivity contribution in [2.75, 3.05) is 6.61 Å². The van der Waals surface area contributed by atoms with Gasteiger partial charge in [0.1, 0.15) is 41.1 Å². The minimum atomic E-state index is -1.74. The lowest BCUT2D eigenvalue weighted by Gasteiger charge is -2.45. The second-order valence-electron chi connectivity index (χ2n) is 11.2. The number of aromatic hydroxyl groups is 3. The second kappa shape index (κ2) is 15.9. The van der Waals surface area contributed by atoms with Crippen molar-refractivity contribution in [3.63, 3.8) is 0 Å². The summed E-state index contributed by atoms with van der Waals surface area (Å²) in [7, 11) is 0. The monoisotopic (exact) mass is 702 g/mol. The van der Waals surface area contributed by atoms with Gasteiger partial charge in [0.15, 0.2) is 35.6 Å². The first kappa shape index (κ1) is 37.4. The molecule has 1 aliphatic rings. The molecule has 16 nitrogen and oxygen atoms in total. The fourth-order valence-corrected chi connectivity index (χ4v) is 5.24. The van der Waals surface area contributed by atoms with Crippen LogP contribution in [0.4, 0.5) is 0 Å². The van der Waals surface area contributed by atoms with Crippen LogP contribution in [-0.2, 0) is 47.7 Å². The van der Waals surface area contributed by atoms with Crippen molar-refractivity contribution in [1.82, 2.24) is 0 Å². The van der Waals surface area contributed by atoms with E-state index in [1.54, 1.807) is 0 Å². The number of rotatable bonds is 12. The van der Waals surface area contributed by atoms with Crippen molar-refractivity contribution in [3.8, 4) is 23.0 Å². The average molecular weight is 703 g/mol. The maximum Gasteiger partial charge on any atom is 0.310 e. The number of carbonyl (C=O) groups is 5. The van der Waals surface area contributed by atoms with E-state index in [4.69, 9.17) is 32.8 Å². The van der Waals surface area contributed by atoms with E-state index in [0.29, 0.717) is 0 Å². The zero-order chi connectivity index (χ0) is 36.9. The predicted molar refractivity (Wildman–Crippen MR) is 170 cm³/mol. The quantitative estimate of drug-likeness (QED) is 0.0802. The molecule has 0 radical (unpaired) electrons. The van der Waals surface area contributed by atoms with Crippen LogP contribution < -0.4 is 10.2 Å². The molecule has 0 amide bonds. The van der Waals surface area contributed by atoms with Crippen LogP contribution in [-0.4, -0.2) is 76.2 Å². The van der Waals surface area contributed by atoms with Crippen LogP contribution in [0, 0.1) is 0 Å². The van der Waals surface area contributed by atoms with Gasteiger partial charge >= 0.3 is 29.8 Å². The molecular formula is C34H38O16. The number of esters is 5. The van der Waals surface area contributed by atoms with Gasteiger partial charge in [0.05, 0.1) is 10.9 Å². The van der Waals surface area contributed by atoms with Gasteiger partial charge in [0.25, 0.3) is 0 Å². The molecule has 1 saturated heterocycles. The lowest BCUT2D eigenvalue weighted by atomic mass is 9.88. The molecular weight excluding hydrogens is 664 g/mol. The van der Waals surface area contributed by atoms with Crippen LogP contribution in [0.1, 0.15) is 78.4 Å². The third-order valence-corrected chi connectivity index (χ3v) is 7.82. The molecule has 16 heteroatoms. The summed E-state index contributed by atoms with van der Waals surface area (Å²) in [5.74, 6) is -6.54. The van der Waals surface area contributed by atoms with Crippen LogP contribution in [0.2, 0.25) is 0 Å². The molecule has 270 valence electrons. The third-order valence-electron chi connectivity index (χ3n) is 7.82. The SMILES string of the molecule is CCC(=O)OC[C@H]1O[C@@H](c2c(O)cc3oc4cc(O)c(O)cc4c(=O)c3c2OC(=O)CC)[C@H](OC(=O)CC)[C@@H](OC(=O)CC)[C@@H]1OC(=O)CC. The molecule has 1 fully saturated rings. The van der Waals surface area contributed by atoms with Gasteiger partial charge in [-0.3, -0.25) is 28.8 Å². The molecule has 0 saturated carbocycles. The van der Waals surface area contributed by atoms with Crippen LogP contribution in [0.25, 0.3) is 21.9 Å². The highest BCUT2D eigenvalue weighted by molar-refractivity contribution is 5.97. The van der Waals surface area contributed by atoms with E-state index in [1.165, 1.54) is 34.6 Å². The number of ether oxygens (including phenoxy) is 6. The Bertz CT molecular complexity index is 1860. The first-order valence-electron chi connectivity index (χ1n) is 16.1. The first-order valence-corrected chi connectivity index (χ1v) is 16.1. The summed E-state index contributed by atoms with van der Waals surface area (Å²) >= 11 is 0. The number of fused-ring (bicyclic) bond motifs is 2. The molecule has 5 atom stereocenters. The summed E-state index contributed by atoms with van der Waals surface area (Å²) in [6.45, 7) is 6.87. The van der Waals surface area contributed by atoms with Crippen molar-refractivity contribution in [2.45, 2.75) is 97.2 Å². The lowest BCUT2D eigenvalue weighted by molar-refractivity contribution is -0.256. The summed E-state index contributed by atoms with van der Waals surface area (Å²) in [6, 6.07) is 2.90. The lowest BCUT2D eigenvalue weighted by Crippen LogP contribution is -2.59. The van der Waals surface area contributed by atoms with E-state index in [9.17, 15) is 44.1 Å². The fraction of sp³-hybridized carbons (Fsp3) is 0.471. The van der Waals surface area contributed by atoms with Crippen LogP contribution in [0.15, 0.2) is 27.4 Å². The van der Waals surface area contributed by atoms with Gasteiger partial charge in [-0.15, -0.1) is 0 Å². The molecule has 3 aromatic rings. The number of hydrogen-bond acceptors (Lipinski definition) is 16. The van der Waals surface area contributed by atoms with Crippen molar-refractivity contribution in [2.24, 2.45) is 0 Å². The molecule has 0 spiro atoms. The maximum atomic E-state index is 14.0. The Kier molecular flexibility index (Phi) is 11.9. The van der Waals surface area contributed by atoms with Gasteiger partial charge in [-0.1, -0.05) is 34.6 Å². The highest BCUT2D eigenvalue weighted by Gasteiger charge is 2.54. The van der Waals surface area contributed by atoms with Crippen molar-refractivity contribution in [1.29, 1.82) is 0 Å². The number of carbonyl (C=O) groups excluding carboxylic acids is 5. The van der Waals surface area contributed by atoms with Crippen molar-refractivity contribution >= 4 is 51.8 Å². The van der Waals surface area contributed by atoms with E-state index in [1.807, 2.05) is 0 Å². The molecule has 0 unspecified atom stereocenters. The van der Waals surface area contributed by atoms with E-state index < -0.39 is 106 Å². The summed E-state index contributed by atoms with van der Waals surface area (Å²) < 4.78 is 40.1. The Labute approximate surface area is 284 Å². The van der Waals surface area contributed by atoms with E-state index in [0.717, 1.165) is 18.2 Å². The molecule has 1 aliphatic heterocycles. The Morgan fingerprint density at radius 2 is 1.18 bits per heavy atom. The number of phenols is 3. The van der Waals surface area contributed by atoms with E-state index >= 15 is 0 Å². The Balaban J connectivity index is 2.08. The molecule has 50 heavy (non-hydrogen) atoms. The largest absolute Gasteiger partial charge is 0.507 e.